The van der Waals surface area contributed by atoms with Crippen LogP contribution in [0.5, 0.6) is 0 Å². The van der Waals surface area contributed by atoms with Crippen molar-refractivity contribution >= 4 is 21.7 Å². The van der Waals surface area contributed by atoms with Gasteiger partial charge in [-0.25, -0.2) is 8.42 Å². The lowest BCUT2D eigenvalue weighted by atomic mass is 10.0. The average Bonchev–Trinajstić information content (AvgIpc) is 2.61. The zero-order valence-corrected chi connectivity index (χ0v) is 15.1. The number of hydrogen-bond acceptors (Lipinski definition) is 6. The van der Waals surface area contributed by atoms with Gasteiger partial charge in [-0.15, -0.1) is 6.58 Å². The van der Waals surface area contributed by atoms with Gasteiger partial charge >= 0.3 is 5.97 Å². The van der Waals surface area contributed by atoms with Crippen molar-refractivity contribution in [3.63, 3.8) is 0 Å². The van der Waals surface area contributed by atoms with E-state index in [1.807, 2.05) is 6.08 Å². The van der Waals surface area contributed by atoms with Crippen LogP contribution in [0.4, 0.5) is 5.69 Å². The fourth-order valence-corrected chi connectivity index (χ4v) is 4.31. The van der Waals surface area contributed by atoms with Crippen LogP contribution in [-0.4, -0.2) is 42.8 Å². The number of hydrogen-bond donors (Lipinski definition) is 0. The van der Waals surface area contributed by atoms with E-state index in [0.717, 1.165) is 12.1 Å². The molecule has 2 rings (SSSR count). The molecule has 0 unspecified atom stereocenters. The molecular weight excluding hydrogens is 360 g/mol. The molecule has 0 saturated heterocycles. The van der Waals surface area contributed by atoms with Gasteiger partial charge in [0.2, 0.25) is 10.0 Å². The molecule has 1 aromatic carbocycles. The fraction of sp³-hybridized carbons (Fsp3) is 0.353. The van der Waals surface area contributed by atoms with Gasteiger partial charge in [-0.05, 0) is 18.6 Å². The lowest BCUT2D eigenvalue weighted by Gasteiger charge is -2.34. The molecule has 0 fully saturated rings. The van der Waals surface area contributed by atoms with E-state index in [-0.39, 0.29) is 29.7 Å². The average molecular weight is 380 g/mol. The van der Waals surface area contributed by atoms with E-state index in [0.29, 0.717) is 6.42 Å². The Kier molecular flexibility index (Phi) is 6.27. The molecule has 1 heterocycles. The van der Waals surface area contributed by atoms with E-state index in [1.54, 1.807) is 12.2 Å². The number of sulfonamides is 1. The minimum Gasteiger partial charge on any atom is -0.465 e. The molecule has 1 aliphatic heterocycles. The first-order valence-corrected chi connectivity index (χ1v) is 9.38. The summed E-state index contributed by atoms with van der Waals surface area (Å²) in [5, 5.41) is 10.8. The third kappa shape index (κ3) is 4.55. The highest BCUT2D eigenvalue weighted by molar-refractivity contribution is 7.89. The van der Waals surface area contributed by atoms with Gasteiger partial charge in [0, 0.05) is 37.6 Å². The number of non-ortho nitro benzene ring substituents is 1. The van der Waals surface area contributed by atoms with Crippen molar-refractivity contribution in [2.45, 2.75) is 24.3 Å². The molecule has 0 bridgehead atoms. The smallest absolute Gasteiger partial charge is 0.302 e. The topological polar surface area (TPSA) is 107 Å². The molecule has 0 aromatic heterocycles. The fourth-order valence-electron chi connectivity index (χ4n) is 2.66. The molecule has 0 saturated carbocycles. The summed E-state index contributed by atoms with van der Waals surface area (Å²) >= 11 is 0. The normalized spacial score (nSPS) is 20.5. The lowest BCUT2D eigenvalue weighted by Crippen LogP contribution is -2.45. The zero-order chi connectivity index (χ0) is 19.3. The van der Waals surface area contributed by atoms with Gasteiger partial charge in [0.1, 0.15) is 0 Å². The molecule has 8 nitrogen and oxygen atoms in total. The van der Waals surface area contributed by atoms with Gasteiger partial charge in [-0.2, -0.15) is 4.31 Å². The predicted molar refractivity (Wildman–Crippen MR) is 94.9 cm³/mol. The molecule has 0 radical (unpaired) electrons. The van der Waals surface area contributed by atoms with E-state index in [2.05, 4.69) is 6.58 Å². The third-order valence-electron chi connectivity index (χ3n) is 3.95. The maximum absolute atomic E-state index is 13.0. The number of ether oxygens (including phenoxy) is 1. The van der Waals surface area contributed by atoms with E-state index in [1.165, 1.54) is 23.4 Å². The highest BCUT2D eigenvalue weighted by atomic mass is 32.2. The Hall–Kier alpha value is -2.52. The molecule has 9 heteroatoms. The zero-order valence-electron chi connectivity index (χ0n) is 14.3. The third-order valence-corrected chi connectivity index (χ3v) is 5.86. The van der Waals surface area contributed by atoms with Crippen LogP contribution in [0.25, 0.3) is 0 Å². The standard InChI is InChI=1S/C17H20N2O6S/c1-3-4-15-6-5-14(12-25-13(2)20)11-18(15)26(23,24)17-9-7-16(8-10-17)19(21)22/h3,5-10,14-15H,1,4,11-12H2,2H3/t14-,15-/m1/s1. The van der Waals surface area contributed by atoms with Gasteiger partial charge in [0.05, 0.1) is 16.4 Å². The summed E-state index contributed by atoms with van der Waals surface area (Å²) in [7, 11) is -3.88. The lowest BCUT2D eigenvalue weighted by molar-refractivity contribution is -0.384. The Balaban J connectivity index is 2.30. The second-order valence-electron chi connectivity index (χ2n) is 5.87. The summed E-state index contributed by atoms with van der Waals surface area (Å²) in [5.41, 5.74) is -0.183. The molecule has 26 heavy (non-hydrogen) atoms. The molecule has 0 spiro atoms. The summed E-state index contributed by atoms with van der Waals surface area (Å²) in [5.74, 6) is -0.704. The number of rotatable bonds is 7. The molecule has 1 aromatic rings. The second kappa shape index (κ2) is 8.24. The SMILES string of the molecule is C=CC[C@@H]1C=C[C@@H](COC(C)=O)CN1S(=O)(=O)c1ccc([N+](=O)[O-])cc1. The summed E-state index contributed by atoms with van der Waals surface area (Å²) in [6.45, 7) is 5.17. The monoisotopic (exact) mass is 380 g/mol. The second-order valence-corrected chi connectivity index (χ2v) is 7.76. The van der Waals surface area contributed by atoms with Gasteiger partial charge in [-0.1, -0.05) is 18.2 Å². The van der Waals surface area contributed by atoms with Crippen molar-refractivity contribution in [3.05, 3.63) is 59.2 Å². The first-order valence-electron chi connectivity index (χ1n) is 7.94. The van der Waals surface area contributed by atoms with Crippen LogP contribution < -0.4 is 0 Å². The number of carbonyl (C=O) groups excluding carboxylic acids is 1. The number of carbonyl (C=O) groups is 1. The summed E-state index contributed by atoms with van der Waals surface area (Å²) in [6.07, 6.45) is 5.63. The van der Waals surface area contributed by atoms with Crippen molar-refractivity contribution in [3.8, 4) is 0 Å². The Morgan fingerprint density at radius 2 is 2.04 bits per heavy atom. The largest absolute Gasteiger partial charge is 0.465 e. The maximum atomic E-state index is 13.0. The Bertz CT molecular complexity index is 816. The number of esters is 1. The van der Waals surface area contributed by atoms with Gasteiger partial charge < -0.3 is 4.74 Å². The molecule has 1 aliphatic rings. The van der Waals surface area contributed by atoms with Gasteiger partial charge in [0.25, 0.3) is 5.69 Å². The highest BCUT2D eigenvalue weighted by Crippen LogP contribution is 2.27. The Labute approximate surface area is 152 Å². The number of nitrogens with zero attached hydrogens (tertiary/aromatic N) is 2. The minimum absolute atomic E-state index is 0.0290. The molecule has 0 N–H and O–H groups in total. The van der Waals surface area contributed by atoms with Gasteiger partial charge in [-0.3, -0.25) is 14.9 Å². The first kappa shape index (κ1) is 19.8. The van der Waals surface area contributed by atoms with Crippen LogP contribution in [0.3, 0.4) is 0 Å². The maximum Gasteiger partial charge on any atom is 0.302 e. The van der Waals surface area contributed by atoms with Crippen molar-refractivity contribution in [2.75, 3.05) is 13.2 Å². The van der Waals surface area contributed by atoms with Crippen molar-refractivity contribution in [1.82, 2.24) is 4.31 Å². The molecule has 140 valence electrons. The molecule has 0 amide bonds. The Morgan fingerprint density at radius 3 is 2.58 bits per heavy atom. The molecule has 2 atom stereocenters. The van der Waals surface area contributed by atoms with Crippen LogP contribution >= 0.6 is 0 Å². The van der Waals surface area contributed by atoms with E-state index in [9.17, 15) is 23.3 Å². The minimum atomic E-state index is -3.88. The van der Waals surface area contributed by atoms with Crippen molar-refractivity contribution in [2.24, 2.45) is 5.92 Å². The summed E-state index contributed by atoms with van der Waals surface area (Å²) < 4.78 is 32.3. The Morgan fingerprint density at radius 1 is 1.38 bits per heavy atom. The first-order chi connectivity index (χ1) is 12.3. The highest BCUT2D eigenvalue weighted by Gasteiger charge is 2.34. The number of benzene rings is 1. The van der Waals surface area contributed by atoms with E-state index in [4.69, 9.17) is 4.74 Å². The van der Waals surface area contributed by atoms with Gasteiger partial charge in [0.15, 0.2) is 0 Å². The number of nitro groups is 1. The van der Waals surface area contributed by atoms with E-state index < -0.39 is 27.0 Å². The predicted octanol–water partition coefficient (Wildman–Crippen LogP) is 2.28. The van der Waals surface area contributed by atoms with Crippen LogP contribution in [0.15, 0.2) is 54.0 Å². The van der Waals surface area contributed by atoms with Crippen LogP contribution in [0, 0.1) is 16.0 Å². The molecular formula is C17H20N2O6S. The van der Waals surface area contributed by atoms with Crippen LogP contribution in [0.1, 0.15) is 13.3 Å². The van der Waals surface area contributed by atoms with Crippen LogP contribution in [0.2, 0.25) is 0 Å². The summed E-state index contributed by atoms with van der Waals surface area (Å²) in [4.78, 5) is 21.1. The van der Waals surface area contributed by atoms with Crippen molar-refractivity contribution < 1.29 is 22.9 Å². The summed E-state index contributed by atoms with van der Waals surface area (Å²) in [6, 6.07) is 4.34. The van der Waals surface area contributed by atoms with Crippen LogP contribution in [-0.2, 0) is 19.6 Å². The quantitative estimate of drug-likeness (QED) is 0.311. The number of nitro benzene ring substituents is 1. The van der Waals surface area contributed by atoms with E-state index >= 15 is 0 Å². The molecule has 0 aliphatic carbocycles. The van der Waals surface area contributed by atoms with Crippen molar-refractivity contribution in [1.29, 1.82) is 0 Å².